The summed E-state index contributed by atoms with van der Waals surface area (Å²) in [5, 5.41) is 10.2. The topological polar surface area (TPSA) is 64.9 Å². The third kappa shape index (κ3) is 2.16. The summed E-state index contributed by atoms with van der Waals surface area (Å²) in [6.07, 6.45) is 8.11. The molecule has 0 saturated carbocycles. The minimum atomic E-state index is 0.652. The maximum atomic E-state index is 5.50. The molecule has 15 heavy (non-hydrogen) atoms. The van der Waals surface area contributed by atoms with E-state index in [9.17, 15) is 0 Å². The van der Waals surface area contributed by atoms with Gasteiger partial charge in [0.05, 0.1) is 31.3 Å². The molecule has 0 fully saturated rings. The predicted molar refractivity (Wildman–Crippen MR) is 56.6 cm³/mol. The first-order chi connectivity index (χ1) is 7.42. The summed E-state index contributed by atoms with van der Waals surface area (Å²) >= 11 is 0. The van der Waals surface area contributed by atoms with E-state index in [1.807, 2.05) is 29.6 Å². The van der Waals surface area contributed by atoms with Crippen LogP contribution in [0.3, 0.4) is 0 Å². The first-order valence-corrected chi connectivity index (χ1v) is 4.89. The van der Waals surface area contributed by atoms with Gasteiger partial charge in [0, 0.05) is 0 Å². The largest absolute Gasteiger partial charge is 0.330 e. The molecule has 0 aliphatic heterocycles. The van der Waals surface area contributed by atoms with Crippen molar-refractivity contribution in [2.45, 2.75) is 6.42 Å². The van der Waals surface area contributed by atoms with Crippen molar-refractivity contribution in [2.75, 3.05) is 18.2 Å². The molecule has 2 aromatic heterocycles. The minimum absolute atomic E-state index is 0.652. The smallest absolute Gasteiger partial charge is 0.0619 e. The number of aromatic nitrogens is 4. The summed E-state index contributed by atoms with van der Waals surface area (Å²) in [4.78, 5) is 3.48. The van der Waals surface area contributed by atoms with Crippen molar-refractivity contribution in [1.29, 1.82) is 0 Å². The molecule has 80 valence electrons. The highest BCUT2D eigenvalue weighted by atomic mass is 15.9. The molecule has 6 heteroatoms. The van der Waals surface area contributed by atoms with Gasteiger partial charge in [0.15, 0.2) is 0 Å². The van der Waals surface area contributed by atoms with Gasteiger partial charge in [0.25, 0.3) is 0 Å². The van der Waals surface area contributed by atoms with Crippen LogP contribution in [0.15, 0.2) is 36.9 Å². The Bertz CT molecular complexity index is 331. The molecule has 0 amide bonds. The minimum Gasteiger partial charge on any atom is -0.330 e. The molecule has 0 aromatic carbocycles. The lowest BCUT2D eigenvalue weighted by molar-refractivity contribution is 0.426. The van der Waals surface area contributed by atoms with Gasteiger partial charge < -0.3 is 5.73 Å². The van der Waals surface area contributed by atoms with E-state index >= 15 is 0 Å². The second kappa shape index (κ2) is 4.61. The van der Waals surface area contributed by atoms with Crippen LogP contribution in [-0.2, 0) is 0 Å². The number of hydrogen-bond donors (Lipinski definition) is 1. The number of nitrogens with two attached hydrogens (primary N) is 1. The summed E-state index contributed by atoms with van der Waals surface area (Å²) in [5.74, 6) is 0. The second-order valence-corrected chi connectivity index (χ2v) is 3.09. The monoisotopic (exact) mass is 206 g/mol. The van der Waals surface area contributed by atoms with Crippen LogP contribution < -0.4 is 10.9 Å². The van der Waals surface area contributed by atoms with Crippen molar-refractivity contribution < 1.29 is 0 Å². The fourth-order valence-corrected chi connectivity index (χ4v) is 1.33. The van der Waals surface area contributed by atoms with E-state index in [-0.39, 0.29) is 0 Å². The van der Waals surface area contributed by atoms with Gasteiger partial charge in [-0.25, -0.2) is 0 Å². The first-order valence-electron chi connectivity index (χ1n) is 4.89. The molecule has 0 unspecified atom stereocenters. The summed E-state index contributed by atoms with van der Waals surface area (Å²) in [7, 11) is 0. The Morgan fingerprint density at radius 2 is 1.67 bits per heavy atom. The number of hydrogen-bond acceptors (Lipinski definition) is 4. The standard InChI is InChI=1S/C9H14N6/c10-4-1-9-15(13-7-2-5-11-13)14-8-3-6-12-14/h2-3,5-8H,1,4,9-10H2. The molecular formula is C9H14N6. The van der Waals surface area contributed by atoms with Crippen molar-refractivity contribution in [1.82, 2.24) is 19.8 Å². The highest BCUT2D eigenvalue weighted by Gasteiger charge is 2.06. The zero-order valence-electron chi connectivity index (χ0n) is 8.40. The molecule has 2 rings (SSSR count). The van der Waals surface area contributed by atoms with E-state index in [1.165, 1.54) is 0 Å². The maximum Gasteiger partial charge on any atom is 0.0619 e. The Morgan fingerprint density at radius 3 is 2.07 bits per heavy atom. The number of rotatable bonds is 5. The highest BCUT2D eigenvalue weighted by Crippen LogP contribution is 1.95. The lowest BCUT2D eigenvalue weighted by Crippen LogP contribution is -2.41. The molecule has 6 nitrogen and oxygen atoms in total. The highest BCUT2D eigenvalue weighted by molar-refractivity contribution is 4.90. The van der Waals surface area contributed by atoms with Crippen LogP contribution in [0.5, 0.6) is 0 Å². The normalized spacial score (nSPS) is 10.5. The number of nitrogens with zero attached hydrogens (tertiary/aromatic N) is 5. The Morgan fingerprint density at radius 1 is 1.07 bits per heavy atom. The van der Waals surface area contributed by atoms with Gasteiger partial charge >= 0.3 is 0 Å². The molecule has 0 aliphatic carbocycles. The van der Waals surface area contributed by atoms with Gasteiger partial charge in [-0.15, -0.1) is 0 Å². The van der Waals surface area contributed by atoms with Gasteiger partial charge in [-0.3, -0.25) is 0 Å². The van der Waals surface area contributed by atoms with E-state index in [1.54, 1.807) is 22.0 Å². The molecule has 2 aromatic rings. The Hall–Kier alpha value is -1.82. The molecule has 0 spiro atoms. The van der Waals surface area contributed by atoms with Crippen molar-refractivity contribution in [3.8, 4) is 0 Å². The van der Waals surface area contributed by atoms with Gasteiger partial charge in [-0.2, -0.15) is 24.9 Å². The van der Waals surface area contributed by atoms with Gasteiger partial charge in [-0.1, -0.05) is 0 Å². The second-order valence-electron chi connectivity index (χ2n) is 3.09. The quantitative estimate of drug-likeness (QED) is 0.737. The molecule has 0 aliphatic rings. The summed E-state index contributed by atoms with van der Waals surface area (Å²) in [5.41, 5.74) is 5.50. The fraction of sp³-hybridized carbons (Fsp3) is 0.333. The van der Waals surface area contributed by atoms with Crippen LogP contribution in [-0.4, -0.2) is 32.9 Å². The first kappa shape index (κ1) is 9.72. The molecule has 2 heterocycles. The fourth-order valence-electron chi connectivity index (χ4n) is 1.33. The third-order valence-electron chi connectivity index (χ3n) is 2.02. The zero-order chi connectivity index (χ0) is 10.5. The molecular weight excluding hydrogens is 192 g/mol. The van der Waals surface area contributed by atoms with E-state index in [0.717, 1.165) is 13.0 Å². The summed E-state index contributed by atoms with van der Waals surface area (Å²) in [6, 6.07) is 3.75. The van der Waals surface area contributed by atoms with E-state index in [0.29, 0.717) is 6.54 Å². The van der Waals surface area contributed by atoms with Crippen LogP contribution >= 0.6 is 0 Å². The van der Waals surface area contributed by atoms with Crippen molar-refractivity contribution in [2.24, 2.45) is 5.73 Å². The lowest BCUT2D eigenvalue weighted by Gasteiger charge is -2.23. The van der Waals surface area contributed by atoms with Gasteiger partial charge in [0.2, 0.25) is 0 Å². The van der Waals surface area contributed by atoms with Crippen LogP contribution in [0, 0.1) is 0 Å². The van der Waals surface area contributed by atoms with Crippen LogP contribution in [0.4, 0.5) is 0 Å². The Labute approximate surface area is 87.8 Å². The lowest BCUT2D eigenvalue weighted by atomic mass is 10.4. The van der Waals surface area contributed by atoms with Crippen LogP contribution in [0.1, 0.15) is 6.42 Å². The van der Waals surface area contributed by atoms with Gasteiger partial charge in [0.1, 0.15) is 0 Å². The zero-order valence-corrected chi connectivity index (χ0v) is 8.40. The maximum absolute atomic E-state index is 5.50. The summed E-state index contributed by atoms with van der Waals surface area (Å²) < 4.78 is 0. The Balaban J connectivity index is 2.17. The van der Waals surface area contributed by atoms with Gasteiger partial charge in [-0.05, 0) is 25.1 Å². The predicted octanol–water partition coefficient (Wildman–Crippen LogP) is -0.170. The average molecular weight is 206 g/mol. The summed E-state index contributed by atoms with van der Waals surface area (Å²) in [6.45, 7) is 1.43. The van der Waals surface area contributed by atoms with Crippen molar-refractivity contribution in [3.05, 3.63) is 36.9 Å². The van der Waals surface area contributed by atoms with Crippen molar-refractivity contribution in [3.63, 3.8) is 0 Å². The van der Waals surface area contributed by atoms with Crippen molar-refractivity contribution >= 4 is 0 Å². The average Bonchev–Trinajstić information content (AvgIpc) is 2.90. The van der Waals surface area contributed by atoms with E-state index in [2.05, 4.69) is 10.2 Å². The van der Waals surface area contributed by atoms with E-state index < -0.39 is 0 Å². The van der Waals surface area contributed by atoms with E-state index in [4.69, 9.17) is 5.73 Å². The molecule has 2 N–H and O–H groups in total. The Kier molecular flexibility index (Phi) is 2.99. The van der Waals surface area contributed by atoms with Crippen LogP contribution in [0.25, 0.3) is 0 Å². The molecule has 0 atom stereocenters. The third-order valence-corrected chi connectivity index (χ3v) is 2.02. The SMILES string of the molecule is NCCCN(n1cccn1)n1cccn1. The van der Waals surface area contributed by atoms with Crippen LogP contribution in [0.2, 0.25) is 0 Å². The molecule has 0 saturated heterocycles. The molecule has 0 radical (unpaired) electrons. The molecule has 0 bridgehead atoms.